The molecular formula is C13H19N3O3. The van der Waals surface area contributed by atoms with Crippen molar-refractivity contribution in [2.75, 3.05) is 26.2 Å². The van der Waals surface area contributed by atoms with Crippen molar-refractivity contribution in [2.24, 2.45) is 11.8 Å². The highest BCUT2D eigenvalue weighted by Crippen LogP contribution is 2.45. The second-order valence-electron chi connectivity index (χ2n) is 6.28. The molecule has 19 heavy (non-hydrogen) atoms. The van der Waals surface area contributed by atoms with Crippen molar-refractivity contribution in [3.8, 4) is 0 Å². The van der Waals surface area contributed by atoms with Crippen LogP contribution < -0.4 is 5.32 Å². The van der Waals surface area contributed by atoms with E-state index in [-0.39, 0.29) is 18.0 Å². The van der Waals surface area contributed by atoms with Crippen LogP contribution in [0.4, 0.5) is 0 Å². The van der Waals surface area contributed by atoms with Gasteiger partial charge in [0.15, 0.2) is 0 Å². The van der Waals surface area contributed by atoms with Crippen LogP contribution in [0.25, 0.3) is 0 Å². The monoisotopic (exact) mass is 265 g/mol. The molecule has 0 aromatic heterocycles. The van der Waals surface area contributed by atoms with Crippen molar-refractivity contribution in [2.45, 2.75) is 24.8 Å². The summed E-state index contributed by atoms with van der Waals surface area (Å²) in [5.41, 5.74) is -0.126. The second kappa shape index (κ2) is 4.59. The maximum absolute atomic E-state index is 12.0. The Morgan fingerprint density at radius 1 is 1.26 bits per heavy atom. The van der Waals surface area contributed by atoms with Crippen molar-refractivity contribution in [1.29, 1.82) is 0 Å². The van der Waals surface area contributed by atoms with Gasteiger partial charge in [-0.2, -0.15) is 0 Å². The molecule has 3 aliphatic heterocycles. The normalized spacial score (nSPS) is 38.8. The third-order valence-corrected chi connectivity index (χ3v) is 4.59. The zero-order valence-corrected chi connectivity index (χ0v) is 10.9. The number of imide groups is 1. The Morgan fingerprint density at radius 3 is 2.42 bits per heavy atom. The van der Waals surface area contributed by atoms with Crippen molar-refractivity contribution < 1.29 is 14.4 Å². The van der Waals surface area contributed by atoms with Crippen LogP contribution in [0, 0.1) is 11.8 Å². The molecule has 0 aromatic rings. The minimum Gasteiger partial charge on any atom is -0.348 e. The molecule has 4 rings (SSSR count). The lowest BCUT2D eigenvalue weighted by atomic mass is 9.64. The van der Waals surface area contributed by atoms with Gasteiger partial charge in [0, 0.05) is 19.6 Å². The third-order valence-electron chi connectivity index (χ3n) is 4.59. The van der Waals surface area contributed by atoms with Gasteiger partial charge in [-0.3, -0.25) is 19.3 Å². The lowest BCUT2D eigenvalue weighted by Gasteiger charge is -2.58. The minimum absolute atomic E-state index is 0.126. The predicted molar refractivity (Wildman–Crippen MR) is 67.0 cm³/mol. The van der Waals surface area contributed by atoms with Crippen LogP contribution in [-0.4, -0.2) is 60.2 Å². The second-order valence-corrected chi connectivity index (χ2v) is 6.28. The molecule has 4 bridgehead atoms. The molecule has 1 aliphatic carbocycles. The highest BCUT2D eigenvalue weighted by molar-refractivity contribution is 5.84. The van der Waals surface area contributed by atoms with Gasteiger partial charge >= 0.3 is 0 Å². The van der Waals surface area contributed by atoms with Crippen LogP contribution in [0.1, 0.15) is 19.3 Å². The molecule has 1 saturated carbocycles. The van der Waals surface area contributed by atoms with Gasteiger partial charge in [-0.25, -0.2) is 0 Å². The number of nitrogens with one attached hydrogen (secondary N) is 1. The largest absolute Gasteiger partial charge is 0.348 e. The molecule has 4 fully saturated rings. The summed E-state index contributed by atoms with van der Waals surface area (Å²) in [6.45, 7) is 3.05. The van der Waals surface area contributed by atoms with Crippen LogP contribution in [0.3, 0.4) is 0 Å². The summed E-state index contributed by atoms with van der Waals surface area (Å²) >= 11 is 0. The summed E-state index contributed by atoms with van der Waals surface area (Å²) < 4.78 is 0. The Hall–Kier alpha value is -1.43. The van der Waals surface area contributed by atoms with E-state index in [4.69, 9.17) is 0 Å². The Kier molecular flexibility index (Phi) is 3.05. The number of hydrogen-bond donors (Lipinski definition) is 1. The molecule has 0 spiro atoms. The van der Waals surface area contributed by atoms with Crippen molar-refractivity contribution >= 4 is 18.7 Å². The summed E-state index contributed by atoms with van der Waals surface area (Å²) in [6.07, 6.45) is 4.12. The van der Waals surface area contributed by atoms with E-state index in [1.54, 1.807) is 0 Å². The number of piperidine rings is 3. The summed E-state index contributed by atoms with van der Waals surface area (Å²) in [5.74, 6) is 1.15. The van der Waals surface area contributed by atoms with Crippen LogP contribution in [-0.2, 0) is 14.4 Å². The van der Waals surface area contributed by atoms with Gasteiger partial charge in [0.2, 0.25) is 18.7 Å². The van der Waals surface area contributed by atoms with E-state index < -0.39 is 0 Å². The van der Waals surface area contributed by atoms with Gasteiger partial charge < -0.3 is 10.2 Å². The zero-order chi connectivity index (χ0) is 13.5. The first-order chi connectivity index (χ1) is 9.12. The fourth-order valence-corrected chi connectivity index (χ4v) is 4.34. The van der Waals surface area contributed by atoms with Gasteiger partial charge in [0.25, 0.3) is 0 Å². The number of nitrogens with zero attached hydrogens (tertiary/aromatic N) is 2. The van der Waals surface area contributed by atoms with Crippen molar-refractivity contribution in [1.82, 2.24) is 15.1 Å². The van der Waals surface area contributed by atoms with Gasteiger partial charge in [0.05, 0.1) is 5.54 Å². The average molecular weight is 265 g/mol. The van der Waals surface area contributed by atoms with Gasteiger partial charge in [-0.1, -0.05) is 0 Å². The SMILES string of the molecule is O=CN(C=O)CC(=O)N[C@@]12C[C@@H]3C[C@@H](C[N@](C3)C1)C2. The van der Waals surface area contributed by atoms with Crippen LogP contribution in [0.2, 0.25) is 0 Å². The number of rotatable bonds is 5. The van der Waals surface area contributed by atoms with Gasteiger partial charge in [-0.05, 0) is 31.1 Å². The Bertz CT molecular complexity index is 367. The topological polar surface area (TPSA) is 69.7 Å². The standard InChI is InChI=1S/C13H19N3O3/c17-8-16(9-18)6-12(19)14-13-2-10-1-11(3-13)5-15(4-10)7-13/h8-11H,1-7H2,(H,14,19)/t10-,11+,13+. The lowest BCUT2D eigenvalue weighted by molar-refractivity contribution is -0.138. The minimum atomic E-state index is -0.234. The van der Waals surface area contributed by atoms with E-state index in [1.807, 2.05) is 0 Å². The van der Waals surface area contributed by atoms with E-state index in [0.29, 0.717) is 24.7 Å². The molecule has 104 valence electrons. The molecule has 0 aromatic carbocycles. The van der Waals surface area contributed by atoms with E-state index in [9.17, 15) is 14.4 Å². The Balaban J connectivity index is 1.64. The molecule has 0 radical (unpaired) electrons. The summed E-state index contributed by atoms with van der Waals surface area (Å²) in [4.78, 5) is 36.3. The summed E-state index contributed by atoms with van der Waals surface area (Å²) in [5, 5.41) is 3.08. The fraction of sp³-hybridized carbons (Fsp3) is 0.769. The molecule has 4 aliphatic rings. The molecule has 4 atom stereocenters. The number of carbonyl (C=O) groups is 3. The first kappa shape index (κ1) is 12.6. The first-order valence-electron chi connectivity index (χ1n) is 6.82. The Labute approximate surface area is 112 Å². The van der Waals surface area contributed by atoms with E-state index in [0.717, 1.165) is 37.4 Å². The molecule has 3 saturated heterocycles. The number of amides is 3. The fourth-order valence-electron chi connectivity index (χ4n) is 4.34. The summed E-state index contributed by atoms with van der Waals surface area (Å²) in [7, 11) is 0. The third kappa shape index (κ3) is 2.36. The molecular weight excluding hydrogens is 246 g/mol. The maximum atomic E-state index is 12.0. The smallest absolute Gasteiger partial charge is 0.240 e. The molecule has 3 amide bonds. The molecule has 3 heterocycles. The number of carbonyl (C=O) groups excluding carboxylic acids is 3. The molecule has 0 unspecified atom stereocenters. The van der Waals surface area contributed by atoms with Gasteiger partial charge in [0.1, 0.15) is 6.54 Å². The van der Waals surface area contributed by atoms with Gasteiger partial charge in [-0.15, -0.1) is 0 Å². The highest BCUT2D eigenvalue weighted by Gasteiger charge is 2.50. The summed E-state index contributed by atoms with van der Waals surface area (Å²) in [6, 6.07) is 0. The van der Waals surface area contributed by atoms with Crippen LogP contribution in [0.15, 0.2) is 0 Å². The van der Waals surface area contributed by atoms with E-state index >= 15 is 0 Å². The lowest BCUT2D eigenvalue weighted by Crippen LogP contribution is -2.69. The van der Waals surface area contributed by atoms with E-state index in [2.05, 4.69) is 10.2 Å². The molecule has 1 N–H and O–H groups in total. The average Bonchev–Trinajstić information content (AvgIpc) is 2.33. The maximum Gasteiger partial charge on any atom is 0.240 e. The van der Waals surface area contributed by atoms with E-state index in [1.165, 1.54) is 6.42 Å². The van der Waals surface area contributed by atoms with Crippen molar-refractivity contribution in [3.63, 3.8) is 0 Å². The molecule has 6 nitrogen and oxygen atoms in total. The van der Waals surface area contributed by atoms with Crippen LogP contribution >= 0.6 is 0 Å². The predicted octanol–water partition coefficient (Wildman–Crippen LogP) is -0.798. The van der Waals surface area contributed by atoms with Crippen LogP contribution in [0.5, 0.6) is 0 Å². The quantitative estimate of drug-likeness (QED) is 0.661. The Morgan fingerprint density at radius 2 is 1.89 bits per heavy atom. The highest BCUT2D eigenvalue weighted by atomic mass is 16.2. The zero-order valence-electron chi connectivity index (χ0n) is 10.9. The number of hydrogen-bond acceptors (Lipinski definition) is 4. The van der Waals surface area contributed by atoms with Crippen molar-refractivity contribution in [3.05, 3.63) is 0 Å². The first-order valence-corrected chi connectivity index (χ1v) is 6.82. The molecule has 6 heteroatoms.